The number of aryl methyl sites for hydroxylation is 1. The van der Waals surface area contributed by atoms with Gasteiger partial charge in [-0.2, -0.15) is 4.72 Å². The van der Waals surface area contributed by atoms with Crippen LogP contribution >= 0.6 is 0 Å². The van der Waals surface area contributed by atoms with Gasteiger partial charge in [0.05, 0.1) is 44.6 Å². The molecule has 1 amide bonds. The van der Waals surface area contributed by atoms with Crippen LogP contribution in [0.15, 0.2) is 70.6 Å². The second kappa shape index (κ2) is 14.8. The molecule has 0 radical (unpaired) electrons. The highest BCUT2D eigenvalue weighted by Gasteiger charge is 2.29. The van der Waals surface area contributed by atoms with Gasteiger partial charge in [0, 0.05) is 18.2 Å². The molecule has 244 valence electrons. The number of halogens is 1. The summed E-state index contributed by atoms with van der Waals surface area (Å²) >= 11 is 0. The summed E-state index contributed by atoms with van der Waals surface area (Å²) in [5.41, 5.74) is 0.887. The molecule has 46 heavy (non-hydrogen) atoms. The van der Waals surface area contributed by atoms with Crippen LogP contribution in [0.2, 0.25) is 0 Å². The quantitative estimate of drug-likeness (QED) is 0.193. The highest BCUT2D eigenvalue weighted by molar-refractivity contribution is 7.89. The molecule has 0 bridgehead atoms. The number of benzene rings is 3. The van der Waals surface area contributed by atoms with Crippen LogP contribution in [-0.4, -0.2) is 69.9 Å². The Balaban J connectivity index is 1.36. The molecule has 15 heteroatoms. The van der Waals surface area contributed by atoms with Crippen molar-refractivity contribution in [1.82, 2.24) is 19.6 Å². The zero-order valence-electron chi connectivity index (χ0n) is 25.5. The number of esters is 1. The van der Waals surface area contributed by atoms with E-state index in [0.717, 1.165) is 12.1 Å². The molecule has 1 atom stereocenters. The first kappa shape index (κ1) is 33.9. The van der Waals surface area contributed by atoms with Gasteiger partial charge in [-0.1, -0.05) is 6.07 Å². The smallest absolute Gasteiger partial charge is 0.326 e. The maximum atomic E-state index is 14.4. The maximum absolute atomic E-state index is 14.4. The number of methoxy groups -OCH3 is 2. The number of carbonyl (C=O) groups is 2. The van der Waals surface area contributed by atoms with E-state index in [4.69, 9.17) is 18.9 Å². The fourth-order valence-electron chi connectivity index (χ4n) is 4.40. The average molecular weight is 657 g/mol. The van der Waals surface area contributed by atoms with Gasteiger partial charge in [-0.3, -0.25) is 19.0 Å². The number of hydrogen-bond acceptors (Lipinski definition) is 10. The number of nitrogens with zero attached hydrogens (tertiary/aromatic N) is 2. The summed E-state index contributed by atoms with van der Waals surface area (Å²) in [5, 5.41) is 2.85. The van der Waals surface area contributed by atoms with Crippen molar-refractivity contribution in [2.24, 2.45) is 0 Å². The lowest BCUT2D eigenvalue weighted by atomic mass is 10.2. The minimum atomic E-state index is -4.47. The molecule has 1 aromatic heterocycles. The Kier molecular flexibility index (Phi) is 10.9. The third-order valence-electron chi connectivity index (χ3n) is 6.76. The Hall–Kier alpha value is -5.02. The van der Waals surface area contributed by atoms with Gasteiger partial charge in [0.1, 0.15) is 29.1 Å². The number of carbonyl (C=O) groups excluding carboxylic acids is 2. The average Bonchev–Trinajstić information content (AvgIpc) is 3.03. The van der Waals surface area contributed by atoms with Crippen LogP contribution in [0.5, 0.6) is 17.2 Å². The predicted octanol–water partition coefficient (Wildman–Crippen LogP) is 2.58. The van der Waals surface area contributed by atoms with Gasteiger partial charge in [-0.25, -0.2) is 17.8 Å². The lowest BCUT2D eigenvalue weighted by molar-refractivity contribution is -0.144. The van der Waals surface area contributed by atoms with Gasteiger partial charge in [-0.05, 0) is 61.9 Å². The third kappa shape index (κ3) is 7.97. The second-order valence-electron chi connectivity index (χ2n) is 9.91. The summed E-state index contributed by atoms with van der Waals surface area (Å²) in [6.45, 7) is 2.95. The molecule has 1 heterocycles. The van der Waals surface area contributed by atoms with Crippen molar-refractivity contribution in [3.8, 4) is 17.2 Å². The molecule has 4 rings (SSSR count). The van der Waals surface area contributed by atoms with Crippen LogP contribution in [-0.2, 0) is 26.1 Å². The highest BCUT2D eigenvalue weighted by Crippen LogP contribution is 2.29. The van der Waals surface area contributed by atoms with Crippen LogP contribution in [0.1, 0.15) is 22.8 Å². The molecule has 1 unspecified atom stereocenters. The number of nitrogens with one attached hydrogen (secondary N) is 2. The Morgan fingerprint density at radius 3 is 2.37 bits per heavy atom. The number of ether oxygens (including phenoxy) is 4. The second-order valence-corrected chi connectivity index (χ2v) is 11.6. The normalized spacial score (nSPS) is 11.9. The molecule has 0 aliphatic heterocycles. The maximum Gasteiger partial charge on any atom is 0.326 e. The zero-order chi connectivity index (χ0) is 33.4. The number of sulfonamides is 1. The minimum Gasteiger partial charge on any atom is -0.493 e. The molecule has 0 fully saturated rings. The van der Waals surface area contributed by atoms with E-state index in [0.29, 0.717) is 33.7 Å². The summed E-state index contributed by atoms with van der Waals surface area (Å²) in [7, 11) is -1.50. The summed E-state index contributed by atoms with van der Waals surface area (Å²) in [6.07, 6.45) is 1.41. The summed E-state index contributed by atoms with van der Waals surface area (Å²) in [5.74, 6) is -1.25. The number of aromatic nitrogens is 2. The van der Waals surface area contributed by atoms with E-state index in [1.54, 1.807) is 31.2 Å². The van der Waals surface area contributed by atoms with Gasteiger partial charge in [0.25, 0.3) is 11.5 Å². The Labute approximate surface area is 264 Å². The van der Waals surface area contributed by atoms with Crippen LogP contribution in [0.25, 0.3) is 10.9 Å². The van der Waals surface area contributed by atoms with Crippen LogP contribution in [0, 0.1) is 12.7 Å². The van der Waals surface area contributed by atoms with Gasteiger partial charge >= 0.3 is 5.97 Å². The number of amides is 1. The lowest BCUT2D eigenvalue weighted by Gasteiger charge is -2.18. The minimum absolute atomic E-state index is 0.0403. The Bertz CT molecular complexity index is 1900. The first-order valence-electron chi connectivity index (χ1n) is 14.0. The molecule has 0 aliphatic carbocycles. The van der Waals surface area contributed by atoms with E-state index in [-0.39, 0.29) is 30.9 Å². The van der Waals surface area contributed by atoms with Crippen molar-refractivity contribution < 1.29 is 41.3 Å². The van der Waals surface area contributed by atoms with Gasteiger partial charge in [0.15, 0.2) is 11.5 Å². The molecule has 0 aliphatic rings. The topological polar surface area (TPSA) is 164 Å². The summed E-state index contributed by atoms with van der Waals surface area (Å²) < 4.78 is 64.7. The Morgan fingerprint density at radius 1 is 1.02 bits per heavy atom. The van der Waals surface area contributed by atoms with E-state index in [1.165, 1.54) is 50.2 Å². The van der Waals surface area contributed by atoms with Gasteiger partial charge < -0.3 is 24.3 Å². The zero-order valence-corrected chi connectivity index (χ0v) is 26.4. The van der Waals surface area contributed by atoms with Crippen LogP contribution in [0.4, 0.5) is 4.39 Å². The van der Waals surface area contributed by atoms with Crippen molar-refractivity contribution in [3.05, 3.63) is 88.2 Å². The van der Waals surface area contributed by atoms with E-state index < -0.39 is 45.2 Å². The van der Waals surface area contributed by atoms with E-state index in [1.807, 2.05) is 0 Å². The molecular formula is C31H33FN4O9S. The third-order valence-corrected chi connectivity index (χ3v) is 8.26. The predicted molar refractivity (Wildman–Crippen MR) is 165 cm³/mol. The van der Waals surface area contributed by atoms with Crippen LogP contribution in [0.3, 0.4) is 0 Å². The molecule has 3 aromatic carbocycles. The molecular weight excluding hydrogens is 623 g/mol. The van der Waals surface area contributed by atoms with E-state index in [2.05, 4.69) is 15.0 Å². The van der Waals surface area contributed by atoms with Crippen molar-refractivity contribution >= 4 is 32.8 Å². The molecule has 0 saturated heterocycles. The monoisotopic (exact) mass is 656 g/mol. The summed E-state index contributed by atoms with van der Waals surface area (Å²) in [6, 6.07) is 11.3. The van der Waals surface area contributed by atoms with Crippen molar-refractivity contribution in [2.75, 3.05) is 34.0 Å². The molecule has 0 saturated carbocycles. The molecule has 0 spiro atoms. The molecule has 13 nitrogen and oxygen atoms in total. The lowest BCUT2D eigenvalue weighted by Crippen LogP contribution is -2.49. The van der Waals surface area contributed by atoms with Gasteiger partial charge in [0.2, 0.25) is 10.0 Å². The SMILES string of the molecule is CCOC(=O)C(CNC(=O)c1ccc(OCCn2cnc3cc(OC)c(OC)cc3c2=O)cc1)NS(=O)(=O)c1ccc(C)cc1F. The fraction of sp³-hybridized carbons (Fsp3) is 0.290. The standard InChI is InChI=1S/C31H33FN4O9S/c1-5-44-31(39)25(35-46(40,41)28-11-6-19(2)14-23(28)32)17-33-29(37)20-7-9-21(10-8-20)45-13-12-36-18-34-24-16-27(43-4)26(42-3)15-22(24)30(36)38/h6-11,14-16,18,25,35H,5,12-13,17H2,1-4H3,(H,33,37). The van der Waals surface area contributed by atoms with E-state index >= 15 is 0 Å². The molecule has 4 aromatic rings. The number of rotatable bonds is 14. The van der Waals surface area contributed by atoms with Gasteiger partial charge in [-0.15, -0.1) is 0 Å². The highest BCUT2D eigenvalue weighted by atomic mass is 32.2. The van der Waals surface area contributed by atoms with Crippen molar-refractivity contribution in [3.63, 3.8) is 0 Å². The number of fused-ring (bicyclic) bond motifs is 1. The van der Waals surface area contributed by atoms with Crippen LogP contribution < -0.4 is 29.8 Å². The largest absolute Gasteiger partial charge is 0.493 e. The first-order chi connectivity index (χ1) is 22.0. The first-order valence-corrected chi connectivity index (χ1v) is 15.5. The van der Waals surface area contributed by atoms with E-state index in [9.17, 15) is 27.2 Å². The fourth-order valence-corrected chi connectivity index (χ4v) is 5.64. The Morgan fingerprint density at radius 2 is 1.72 bits per heavy atom. The number of hydrogen-bond donors (Lipinski definition) is 2. The van der Waals surface area contributed by atoms with Crippen molar-refractivity contribution in [2.45, 2.75) is 31.3 Å². The van der Waals surface area contributed by atoms with Crippen molar-refractivity contribution in [1.29, 1.82) is 0 Å². The molecule has 2 N–H and O–H groups in total. The summed E-state index contributed by atoms with van der Waals surface area (Å²) in [4.78, 5) is 41.9.